The summed E-state index contributed by atoms with van der Waals surface area (Å²) in [6, 6.07) is 6.89. The highest BCUT2D eigenvalue weighted by Crippen LogP contribution is 2.18. The summed E-state index contributed by atoms with van der Waals surface area (Å²) >= 11 is 0. The fourth-order valence-corrected chi connectivity index (χ4v) is 5.38. The van der Waals surface area contributed by atoms with Crippen LogP contribution in [0.4, 0.5) is 0 Å². The van der Waals surface area contributed by atoms with Gasteiger partial charge in [0.05, 0.1) is 18.1 Å². The second kappa shape index (κ2) is 10.5. The highest BCUT2D eigenvalue weighted by atomic mass is 32.2. The molecule has 2 saturated heterocycles. The summed E-state index contributed by atoms with van der Waals surface area (Å²) in [5, 5.41) is 3.06. The molecular formula is C21H33N3O4S. The van der Waals surface area contributed by atoms with Gasteiger partial charge >= 0.3 is 0 Å². The average molecular weight is 424 g/mol. The number of benzene rings is 1. The minimum atomic E-state index is -3.47. The van der Waals surface area contributed by atoms with E-state index in [-0.39, 0.29) is 5.91 Å². The van der Waals surface area contributed by atoms with Gasteiger partial charge in [0.25, 0.3) is 0 Å². The molecule has 1 aromatic rings. The Labute approximate surface area is 174 Å². The molecule has 7 nitrogen and oxygen atoms in total. The van der Waals surface area contributed by atoms with Crippen LogP contribution < -0.4 is 5.32 Å². The summed E-state index contributed by atoms with van der Waals surface area (Å²) in [6.07, 6.45) is 3.35. The number of likely N-dealkylation sites (tertiary alicyclic amines) is 1. The van der Waals surface area contributed by atoms with E-state index in [2.05, 4.69) is 17.1 Å². The maximum atomic E-state index is 12.6. The second-order valence-corrected chi connectivity index (χ2v) is 9.86. The molecule has 2 aliphatic rings. The predicted octanol–water partition coefficient (Wildman–Crippen LogP) is 1.49. The van der Waals surface area contributed by atoms with Gasteiger partial charge in [0, 0.05) is 32.6 Å². The number of hydrogen-bond acceptors (Lipinski definition) is 5. The van der Waals surface area contributed by atoms with Gasteiger partial charge in [0.15, 0.2) is 0 Å². The fraction of sp³-hybridized carbons (Fsp3) is 0.667. The zero-order chi connectivity index (χ0) is 20.7. The summed E-state index contributed by atoms with van der Waals surface area (Å²) in [6.45, 7) is 7.94. The number of rotatable bonds is 9. The lowest BCUT2D eigenvalue weighted by Crippen LogP contribution is -2.40. The summed E-state index contributed by atoms with van der Waals surface area (Å²) in [4.78, 5) is 14.9. The molecule has 1 atom stereocenters. The highest BCUT2D eigenvalue weighted by Gasteiger charge is 2.26. The quantitative estimate of drug-likeness (QED) is 0.651. The van der Waals surface area contributed by atoms with Crippen molar-refractivity contribution in [2.75, 3.05) is 52.5 Å². The molecule has 2 fully saturated rings. The Kier molecular flexibility index (Phi) is 8.06. The number of morpholine rings is 1. The Hall–Kier alpha value is -1.48. The maximum Gasteiger partial charge on any atom is 0.243 e. The second-order valence-electron chi connectivity index (χ2n) is 7.92. The topological polar surface area (TPSA) is 79.0 Å². The number of sulfonamides is 1. The molecule has 162 valence electrons. The van der Waals surface area contributed by atoms with E-state index in [9.17, 15) is 13.2 Å². The van der Waals surface area contributed by atoms with Gasteiger partial charge in [0.2, 0.25) is 15.9 Å². The van der Waals surface area contributed by atoms with Gasteiger partial charge in [-0.3, -0.25) is 4.79 Å². The van der Waals surface area contributed by atoms with Crippen molar-refractivity contribution in [3.8, 4) is 0 Å². The van der Waals surface area contributed by atoms with Gasteiger partial charge < -0.3 is 15.0 Å². The lowest BCUT2D eigenvalue weighted by molar-refractivity contribution is -0.121. The molecule has 0 radical (unpaired) electrons. The number of amides is 1. The minimum Gasteiger partial charge on any atom is -0.379 e. The molecule has 3 rings (SSSR count). The van der Waals surface area contributed by atoms with Crippen LogP contribution in [0.5, 0.6) is 0 Å². The van der Waals surface area contributed by atoms with E-state index in [0.717, 1.165) is 38.2 Å². The molecule has 29 heavy (non-hydrogen) atoms. The molecule has 0 bridgehead atoms. The average Bonchev–Trinajstić information content (AvgIpc) is 3.19. The lowest BCUT2D eigenvalue weighted by atomic mass is 10.1. The molecule has 0 aromatic heterocycles. The van der Waals surface area contributed by atoms with Crippen LogP contribution in [0.3, 0.4) is 0 Å². The van der Waals surface area contributed by atoms with E-state index in [1.54, 1.807) is 24.3 Å². The van der Waals surface area contributed by atoms with Crippen molar-refractivity contribution in [1.29, 1.82) is 0 Å². The minimum absolute atomic E-state index is 0.0592. The number of ether oxygens (including phenoxy) is 1. The van der Waals surface area contributed by atoms with Crippen LogP contribution in [0.25, 0.3) is 0 Å². The van der Waals surface area contributed by atoms with Crippen LogP contribution in [0.2, 0.25) is 0 Å². The monoisotopic (exact) mass is 423 g/mol. The molecule has 1 aromatic carbocycles. The Morgan fingerprint density at radius 3 is 2.59 bits per heavy atom. The summed E-state index contributed by atoms with van der Waals surface area (Å²) in [5.74, 6) is 0.610. The third-order valence-corrected chi connectivity index (χ3v) is 7.58. The number of carbonyl (C=O) groups is 1. The van der Waals surface area contributed by atoms with E-state index in [1.165, 1.54) is 10.7 Å². The third-order valence-electron chi connectivity index (χ3n) is 5.67. The van der Waals surface area contributed by atoms with Crippen molar-refractivity contribution in [3.05, 3.63) is 29.8 Å². The van der Waals surface area contributed by atoms with Gasteiger partial charge in [-0.1, -0.05) is 19.1 Å². The molecule has 2 heterocycles. The van der Waals surface area contributed by atoms with Gasteiger partial charge in [-0.25, -0.2) is 8.42 Å². The molecular weight excluding hydrogens is 390 g/mol. The number of hydrogen-bond donors (Lipinski definition) is 1. The number of nitrogens with one attached hydrogen (secondary N) is 1. The van der Waals surface area contributed by atoms with E-state index >= 15 is 0 Å². The third kappa shape index (κ3) is 6.25. The van der Waals surface area contributed by atoms with E-state index in [1.807, 2.05) is 0 Å². The van der Waals surface area contributed by atoms with Crippen LogP contribution in [0, 0.1) is 5.92 Å². The molecule has 2 aliphatic heterocycles. The molecule has 8 heteroatoms. The summed E-state index contributed by atoms with van der Waals surface area (Å²) in [7, 11) is -3.47. The van der Waals surface area contributed by atoms with Crippen LogP contribution in [0.1, 0.15) is 31.7 Å². The van der Waals surface area contributed by atoms with Gasteiger partial charge in [-0.2, -0.15) is 4.31 Å². The first kappa shape index (κ1) is 22.2. The van der Waals surface area contributed by atoms with Crippen molar-refractivity contribution in [1.82, 2.24) is 14.5 Å². The van der Waals surface area contributed by atoms with Gasteiger partial charge in [0.1, 0.15) is 0 Å². The lowest BCUT2D eigenvalue weighted by Gasteiger charge is -2.26. The first-order chi connectivity index (χ1) is 14.0. The smallest absolute Gasteiger partial charge is 0.243 e. The zero-order valence-corrected chi connectivity index (χ0v) is 18.1. The Bertz CT molecular complexity index is 761. The molecule has 0 spiro atoms. The molecule has 0 saturated carbocycles. The first-order valence-electron chi connectivity index (χ1n) is 10.6. The van der Waals surface area contributed by atoms with Crippen molar-refractivity contribution >= 4 is 15.9 Å². The predicted molar refractivity (Wildman–Crippen MR) is 112 cm³/mol. The van der Waals surface area contributed by atoms with E-state index in [4.69, 9.17) is 4.74 Å². The molecule has 0 aliphatic carbocycles. The van der Waals surface area contributed by atoms with Crippen LogP contribution >= 0.6 is 0 Å². The number of aryl methyl sites for hydroxylation is 1. The van der Waals surface area contributed by atoms with Crippen molar-refractivity contribution in [2.45, 2.75) is 37.5 Å². The maximum absolute atomic E-state index is 12.6. The Balaban J connectivity index is 1.42. The van der Waals surface area contributed by atoms with E-state index < -0.39 is 10.0 Å². The Morgan fingerprint density at radius 2 is 1.90 bits per heavy atom. The Morgan fingerprint density at radius 1 is 1.17 bits per heavy atom. The molecule has 1 amide bonds. The largest absolute Gasteiger partial charge is 0.379 e. The van der Waals surface area contributed by atoms with Crippen LogP contribution in [0.15, 0.2) is 29.2 Å². The van der Waals surface area contributed by atoms with Gasteiger partial charge in [-0.05, 0) is 56.0 Å². The standard InChI is InChI=1S/C21H33N3O4S/c1-2-10-23-11-9-19(17-23)16-22-21(25)8-5-18-3-6-20(7-4-18)29(26,27)24-12-14-28-15-13-24/h3-4,6-7,19H,2,5,8-17H2,1H3,(H,22,25)/t19-/m1/s1. The normalized spacial score (nSPS) is 21.3. The summed E-state index contributed by atoms with van der Waals surface area (Å²) in [5.41, 5.74) is 0.969. The first-order valence-corrected chi connectivity index (χ1v) is 12.1. The van der Waals surface area contributed by atoms with Crippen LogP contribution in [-0.2, 0) is 26.0 Å². The SMILES string of the molecule is CCCN1CC[C@H](CNC(=O)CCc2ccc(S(=O)(=O)N3CCOCC3)cc2)C1. The number of nitrogens with zero attached hydrogens (tertiary/aromatic N) is 2. The van der Waals surface area contributed by atoms with E-state index in [0.29, 0.717) is 50.0 Å². The highest BCUT2D eigenvalue weighted by molar-refractivity contribution is 7.89. The van der Waals surface area contributed by atoms with Crippen molar-refractivity contribution < 1.29 is 17.9 Å². The molecule has 1 N–H and O–H groups in total. The molecule has 0 unspecified atom stereocenters. The van der Waals surface area contributed by atoms with Crippen molar-refractivity contribution in [3.63, 3.8) is 0 Å². The zero-order valence-electron chi connectivity index (χ0n) is 17.3. The van der Waals surface area contributed by atoms with Crippen molar-refractivity contribution in [2.24, 2.45) is 5.92 Å². The summed E-state index contributed by atoms with van der Waals surface area (Å²) < 4.78 is 32.0. The van der Waals surface area contributed by atoms with Gasteiger partial charge in [-0.15, -0.1) is 0 Å². The van der Waals surface area contributed by atoms with Crippen LogP contribution in [-0.4, -0.2) is 76.0 Å². The fourth-order valence-electron chi connectivity index (χ4n) is 3.97. The number of carbonyl (C=O) groups excluding carboxylic acids is 1.